The highest BCUT2D eigenvalue weighted by molar-refractivity contribution is 5.73. The quantitative estimate of drug-likeness (QED) is 0.770. The van der Waals surface area contributed by atoms with E-state index in [9.17, 15) is 9.59 Å². The molecule has 0 saturated heterocycles. The number of carbonyl (C=O) groups is 1. The van der Waals surface area contributed by atoms with E-state index < -0.39 is 5.91 Å². The average molecular weight is 235 g/mol. The van der Waals surface area contributed by atoms with E-state index in [4.69, 9.17) is 5.73 Å². The monoisotopic (exact) mass is 235 g/mol. The first-order chi connectivity index (χ1) is 8.13. The van der Waals surface area contributed by atoms with E-state index in [2.05, 4.69) is 5.32 Å². The van der Waals surface area contributed by atoms with Crippen LogP contribution in [0.15, 0.2) is 16.9 Å². The molecule has 1 amide bonds. The fourth-order valence-electron chi connectivity index (χ4n) is 2.49. The van der Waals surface area contributed by atoms with E-state index in [-0.39, 0.29) is 18.1 Å². The van der Waals surface area contributed by atoms with Crippen molar-refractivity contribution in [2.24, 2.45) is 5.73 Å². The topological polar surface area (TPSA) is 77.1 Å². The summed E-state index contributed by atoms with van der Waals surface area (Å²) in [4.78, 5) is 22.8. The summed E-state index contributed by atoms with van der Waals surface area (Å²) in [6.07, 6.45) is 2.90. The molecule has 5 nitrogen and oxygen atoms in total. The van der Waals surface area contributed by atoms with Crippen LogP contribution in [-0.4, -0.2) is 17.5 Å². The lowest BCUT2D eigenvalue weighted by molar-refractivity contribution is -0.118. The Balaban J connectivity index is 2.51. The van der Waals surface area contributed by atoms with Gasteiger partial charge < -0.3 is 15.6 Å². The third-order valence-electron chi connectivity index (χ3n) is 3.27. The first kappa shape index (κ1) is 11.9. The highest BCUT2D eigenvalue weighted by Crippen LogP contribution is 2.28. The maximum Gasteiger partial charge on any atom is 0.251 e. The SMILES string of the molecule is CNC1CCCc2c1ccc(=O)n2CC(N)=O. The van der Waals surface area contributed by atoms with Crippen molar-refractivity contribution in [1.82, 2.24) is 9.88 Å². The van der Waals surface area contributed by atoms with Crippen LogP contribution in [0.4, 0.5) is 0 Å². The summed E-state index contributed by atoms with van der Waals surface area (Å²) in [6, 6.07) is 3.63. The molecule has 0 spiro atoms. The number of carbonyl (C=O) groups excluding carboxylic acids is 1. The summed E-state index contributed by atoms with van der Waals surface area (Å²) >= 11 is 0. The van der Waals surface area contributed by atoms with E-state index >= 15 is 0 Å². The highest BCUT2D eigenvalue weighted by Gasteiger charge is 2.22. The number of hydrogen-bond donors (Lipinski definition) is 2. The second-order valence-electron chi connectivity index (χ2n) is 4.36. The summed E-state index contributed by atoms with van der Waals surface area (Å²) in [5.41, 5.74) is 7.08. The van der Waals surface area contributed by atoms with Crippen LogP contribution in [0.25, 0.3) is 0 Å². The smallest absolute Gasteiger partial charge is 0.251 e. The van der Waals surface area contributed by atoms with Crippen molar-refractivity contribution in [3.63, 3.8) is 0 Å². The van der Waals surface area contributed by atoms with Gasteiger partial charge in [0.15, 0.2) is 0 Å². The molecule has 5 heteroatoms. The van der Waals surface area contributed by atoms with Crippen molar-refractivity contribution in [2.45, 2.75) is 31.8 Å². The molecule has 3 N–H and O–H groups in total. The van der Waals surface area contributed by atoms with Crippen LogP contribution in [0.1, 0.15) is 30.1 Å². The van der Waals surface area contributed by atoms with E-state index in [1.807, 2.05) is 13.1 Å². The highest BCUT2D eigenvalue weighted by atomic mass is 16.2. The summed E-state index contributed by atoms with van der Waals surface area (Å²) in [5.74, 6) is -0.480. The Hall–Kier alpha value is -1.62. The zero-order valence-electron chi connectivity index (χ0n) is 9.90. The Morgan fingerprint density at radius 2 is 2.35 bits per heavy atom. The Morgan fingerprint density at radius 1 is 1.59 bits per heavy atom. The number of primary amides is 1. The van der Waals surface area contributed by atoms with Crippen molar-refractivity contribution in [2.75, 3.05) is 7.05 Å². The van der Waals surface area contributed by atoms with Crippen molar-refractivity contribution in [3.8, 4) is 0 Å². The lowest BCUT2D eigenvalue weighted by Gasteiger charge is -2.27. The Morgan fingerprint density at radius 3 is 3.00 bits per heavy atom. The number of rotatable bonds is 3. The van der Waals surface area contributed by atoms with Crippen LogP contribution in [-0.2, 0) is 17.8 Å². The van der Waals surface area contributed by atoms with Gasteiger partial charge in [-0.3, -0.25) is 9.59 Å². The normalized spacial score (nSPS) is 18.8. The van der Waals surface area contributed by atoms with E-state index in [1.165, 1.54) is 10.6 Å². The molecule has 1 aromatic rings. The standard InChI is InChI=1S/C12H17N3O2/c1-14-9-3-2-4-10-8(9)5-6-12(17)15(10)7-11(13)16/h5-6,9,14H,2-4,7H2,1H3,(H2,13,16). The minimum atomic E-state index is -0.480. The van der Waals surface area contributed by atoms with Gasteiger partial charge in [-0.2, -0.15) is 0 Å². The molecule has 17 heavy (non-hydrogen) atoms. The van der Waals surface area contributed by atoms with Gasteiger partial charge in [0.2, 0.25) is 5.91 Å². The van der Waals surface area contributed by atoms with Crippen molar-refractivity contribution in [1.29, 1.82) is 0 Å². The van der Waals surface area contributed by atoms with Gasteiger partial charge >= 0.3 is 0 Å². The lowest BCUT2D eigenvalue weighted by Crippen LogP contribution is -2.34. The molecule has 1 unspecified atom stereocenters. The summed E-state index contributed by atoms with van der Waals surface area (Å²) in [5, 5.41) is 3.23. The fourth-order valence-corrected chi connectivity index (χ4v) is 2.49. The van der Waals surface area contributed by atoms with Gasteiger partial charge in [0.1, 0.15) is 6.54 Å². The van der Waals surface area contributed by atoms with Gasteiger partial charge in [-0.05, 0) is 31.9 Å². The molecule has 0 fully saturated rings. The molecule has 1 atom stereocenters. The molecule has 1 aromatic heterocycles. The molecule has 1 aliphatic rings. The van der Waals surface area contributed by atoms with Crippen LogP contribution in [0.3, 0.4) is 0 Å². The van der Waals surface area contributed by atoms with Gasteiger partial charge in [0.05, 0.1) is 0 Å². The van der Waals surface area contributed by atoms with E-state index in [0.29, 0.717) is 0 Å². The summed E-state index contributed by atoms with van der Waals surface area (Å²) < 4.78 is 1.50. The molecule has 2 rings (SSSR count). The van der Waals surface area contributed by atoms with E-state index in [0.717, 1.165) is 30.5 Å². The van der Waals surface area contributed by atoms with Gasteiger partial charge in [0.25, 0.3) is 5.56 Å². The number of pyridine rings is 1. The van der Waals surface area contributed by atoms with Crippen LogP contribution in [0, 0.1) is 0 Å². The molecular formula is C12H17N3O2. The average Bonchev–Trinajstić information content (AvgIpc) is 2.31. The summed E-state index contributed by atoms with van der Waals surface area (Å²) in [7, 11) is 1.91. The van der Waals surface area contributed by atoms with Gasteiger partial charge in [0, 0.05) is 17.8 Å². The van der Waals surface area contributed by atoms with Crippen molar-refractivity contribution in [3.05, 3.63) is 33.7 Å². The number of fused-ring (bicyclic) bond motifs is 1. The predicted molar refractivity (Wildman–Crippen MR) is 64.6 cm³/mol. The van der Waals surface area contributed by atoms with Crippen molar-refractivity contribution < 1.29 is 4.79 Å². The van der Waals surface area contributed by atoms with Crippen LogP contribution in [0.2, 0.25) is 0 Å². The van der Waals surface area contributed by atoms with E-state index in [1.54, 1.807) is 0 Å². The minimum Gasteiger partial charge on any atom is -0.368 e. The molecule has 0 radical (unpaired) electrons. The Bertz CT molecular complexity index is 493. The van der Waals surface area contributed by atoms with Crippen molar-refractivity contribution >= 4 is 5.91 Å². The lowest BCUT2D eigenvalue weighted by atomic mass is 9.91. The predicted octanol–water partition coefficient (Wildman–Crippen LogP) is -0.0696. The number of aromatic nitrogens is 1. The first-order valence-corrected chi connectivity index (χ1v) is 5.81. The molecule has 1 aliphatic carbocycles. The molecule has 92 valence electrons. The Labute approximate surface area is 99.6 Å². The van der Waals surface area contributed by atoms with Crippen LogP contribution in [0.5, 0.6) is 0 Å². The zero-order chi connectivity index (χ0) is 12.4. The maximum absolute atomic E-state index is 11.8. The molecule has 0 bridgehead atoms. The number of hydrogen-bond acceptors (Lipinski definition) is 3. The fraction of sp³-hybridized carbons (Fsp3) is 0.500. The maximum atomic E-state index is 11.8. The number of amides is 1. The van der Waals surface area contributed by atoms with Crippen LogP contribution >= 0.6 is 0 Å². The second kappa shape index (κ2) is 4.71. The minimum absolute atomic E-state index is 0.0293. The zero-order valence-corrected chi connectivity index (χ0v) is 9.90. The molecule has 0 saturated carbocycles. The number of nitrogens with zero attached hydrogens (tertiary/aromatic N) is 1. The molecule has 0 aromatic carbocycles. The molecule has 1 heterocycles. The van der Waals surface area contributed by atoms with Gasteiger partial charge in [-0.15, -0.1) is 0 Å². The van der Waals surface area contributed by atoms with Gasteiger partial charge in [-0.25, -0.2) is 0 Å². The Kier molecular flexibility index (Phi) is 3.28. The van der Waals surface area contributed by atoms with Gasteiger partial charge in [-0.1, -0.05) is 6.07 Å². The summed E-state index contributed by atoms with van der Waals surface area (Å²) in [6.45, 7) is -0.0293. The molecule has 0 aliphatic heterocycles. The third-order valence-corrected chi connectivity index (χ3v) is 3.27. The number of nitrogens with one attached hydrogen (secondary N) is 1. The van der Waals surface area contributed by atoms with Crippen LogP contribution < -0.4 is 16.6 Å². The number of nitrogens with two attached hydrogens (primary N) is 1. The largest absolute Gasteiger partial charge is 0.368 e. The third kappa shape index (κ3) is 2.24. The second-order valence-corrected chi connectivity index (χ2v) is 4.36. The molecular weight excluding hydrogens is 218 g/mol. The first-order valence-electron chi connectivity index (χ1n) is 5.81.